The standard InChI is InChI=1S/C26H30FN3O3/c1-4-19(3)30(25(31)20-11-9-18(2)10-12-20)17-22-24(21-7-5-6-8-23(21)27)28-33-26(22)29-13-15-32-16-14-29/h5-12,19H,4,13-17H2,1-3H3/t19-/m1/s1. The van der Waals surface area contributed by atoms with E-state index in [1.807, 2.05) is 49.9 Å². The van der Waals surface area contributed by atoms with E-state index in [1.54, 1.807) is 18.2 Å². The molecule has 0 radical (unpaired) electrons. The number of carbonyl (C=O) groups is 1. The number of nitrogens with zero attached hydrogens (tertiary/aromatic N) is 3. The Kier molecular flexibility index (Phi) is 7.08. The first-order valence-electron chi connectivity index (χ1n) is 11.4. The molecule has 0 spiro atoms. The van der Waals surface area contributed by atoms with E-state index in [2.05, 4.69) is 10.1 Å². The lowest BCUT2D eigenvalue weighted by Crippen LogP contribution is -2.39. The maximum Gasteiger partial charge on any atom is 0.254 e. The van der Waals surface area contributed by atoms with Gasteiger partial charge in [0.15, 0.2) is 0 Å². The number of halogens is 1. The monoisotopic (exact) mass is 451 g/mol. The fourth-order valence-electron chi connectivity index (χ4n) is 4.00. The second-order valence-corrected chi connectivity index (χ2v) is 8.45. The fourth-order valence-corrected chi connectivity index (χ4v) is 4.00. The molecule has 0 N–H and O–H groups in total. The first-order chi connectivity index (χ1) is 16.0. The predicted octanol–water partition coefficient (Wildman–Crippen LogP) is 5.07. The fraction of sp³-hybridized carbons (Fsp3) is 0.385. The molecule has 6 nitrogen and oxygen atoms in total. The summed E-state index contributed by atoms with van der Waals surface area (Å²) >= 11 is 0. The molecule has 1 saturated heterocycles. The summed E-state index contributed by atoms with van der Waals surface area (Å²) in [6.45, 7) is 8.78. The predicted molar refractivity (Wildman–Crippen MR) is 126 cm³/mol. The van der Waals surface area contributed by atoms with Crippen LogP contribution < -0.4 is 4.90 Å². The van der Waals surface area contributed by atoms with Crippen LogP contribution in [0.15, 0.2) is 53.1 Å². The lowest BCUT2D eigenvalue weighted by molar-refractivity contribution is 0.0671. The molecule has 1 atom stereocenters. The zero-order chi connectivity index (χ0) is 23.4. The van der Waals surface area contributed by atoms with Gasteiger partial charge in [-0.3, -0.25) is 4.79 Å². The second-order valence-electron chi connectivity index (χ2n) is 8.45. The minimum atomic E-state index is -0.375. The van der Waals surface area contributed by atoms with Gasteiger partial charge in [0.2, 0.25) is 5.88 Å². The highest BCUT2D eigenvalue weighted by molar-refractivity contribution is 5.94. The SMILES string of the molecule is CC[C@@H](C)N(Cc1c(-c2ccccc2F)noc1N1CCOCC1)C(=O)c1ccc(C)cc1. The lowest BCUT2D eigenvalue weighted by atomic mass is 10.0. The average Bonchev–Trinajstić information content (AvgIpc) is 3.26. The van der Waals surface area contributed by atoms with Gasteiger partial charge >= 0.3 is 0 Å². The molecular weight excluding hydrogens is 421 g/mol. The molecule has 2 aromatic carbocycles. The third-order valence-electron chi connectivity index (χ3n) is 6.21. The first-order valence-corrected chi connectivity index (χ1v) is 11.4. The summed E-state index contributed by atoms with van der Waals surface area (Å²) in [7, 11) is 0. The molecule has 0 aliphatic carbocycles. The van der Waals surface area contributed by atoms with Crippen LogP contribution in [0, 0.1) is 12.7 Å². The van der Waals surface area contributed by atoms with Crippen LogP contribution in [0.25, 0.3) is 11.3 Å². The van der Waals surface area contributed by atoms with Gasteiger partial charge in [-0.15, -0.1) is 0 Å². The number of carbonyl (C=O) groups excluding carboxylic acids is 1. The molecular formula is C26H30FN3O3. The van der Waals surface area contributed by atoms with Crippen LogP contribution >= 0.6 is 0 Å². The molecule has 1 aliphatic heterocycles. The third-order valence-corrected chi connectivity index (χ3v) is 6.21. The van der Waals surface area contributed by atoms with Gasteiger partial charge in [-0.05, 0) is 44.5 Å². The Morgan fingerprint density at radius 3 is 2.52 bits per heavy atom. The summed E-state index contributed by atoms with van der Waals surface area (Å²) in [4.78, 5) is 17.4. The largest absolute Gasteiger partial charge is 0.378 e. The number of aryl methyl sites for hydroxylation is 1. The molecule has 1 fully saturated rings. The van der Waals surface area contributed by atoms with Gasteiger partial charge in [-0.25, -0.2) is 4.39 Å². The van der Waals surface area contributed by atoms with Crippen molar-refractivity contribution in [1.29, 1.82) is 0 Å². The van der Waals surface area contributed by atoms with Crippen molar-refractivity contribution in [1.82, 2.24) is 10.1 Å². The van der Waals surface area contributed by atoms with Crippen LogP contribution in [0.1, 0.15) is 41.8 Å². The number of anilines is 1. The number of hydrogen-bond acceptors (Lipinski definition) is 5. The Balaban J connectivity index is 1.76. The van der Waals surface area contributed by atoms with E-state index in [0.29, 0.717) is 54.6 Å². The van der Waals surface area contributed by atoms with Gasteiger partial charge in [0.25, 0.3) is 5.91 Å². The van der Waals surface area contributed by atoms with Crippen LogP contribution in [0.3, 0.4) is 0 Å². The van der Waals surface area contributed by atoms with Crippen molar-refractivity contribution in [2.45, 2.75) is 39.8 Å². The van der Waals surface area contributed by atoms with Crippen molar-refractivity contribution in [3.05, 3.63) is 71.0 Å². The number of rotatable bonds is 7. The third kappa shape index (κ3) is 4.93. The van der Waals surface area contributed by atoms with Crippen LogP contribution in [0.2, 0.25) is 0 Å². The number of amides is 1. The molecule has 4 rings (SSSR count). The number of morpholine rings is 1. The first kappa shape index (κ1) is 23.0. The number of hydrogen-bond donors (Lipinski definition) is 0. The quantitative estimate of drug-likeness (QED) is 0.502. The van der Waals surface area contributed by atoms with E-state index in [4.69, 9.17) is 9.26 Å². The number of benzene rings is 2. The molecule has 0 bridgehead atoms. The summed E-state index contributed by atoms with van der Waals surface area (Å²) in [5.41, 5.74) is 3.22. The summed E-state index contributed by atoms with van der Waals surface area (Å²) in [6, 6.07) is 14.1. The molecule has 174 valence electrons. The Labute approximate surface area is 193 Å². The normalized spacial score (nSPS) is 14.8. The maximum absolute atomic E-state index is 14.7. The molecule has 7 heteroatoms. The van der Waals surface area contributed by atoms with Gasteiger partial charge in [0, 0.05) is 30.3 Å². The molecule has 1 amide bonds. The summed E-state index contributed by atoms with van der Waals surface area (Å²) in [6.07, 6.45) is 0.783. The van der Waals surface area contributed by atoms with E-state index in [9.17, 15) is 9.18 Å². The van der Waals surface area contributed by atoms with E-state index in [-0.39, 0.29) is 24.3 Å². The molecule has 3 aromatic rings. The van der Waals surface area contributed by atoms with E-state index >= 15 is 0 Å². The summed E-state index contributed by atoms with van der Waals surface area (Å²) < 4.78 is 26.0. The van der Waals surface area contributed by atoms with Crippen LogP contribution in [-0.4, -0.2) is 48.3 Å². The van der Waals surface area contributed by atoms with Crippen molar-refractivity contribution in [2.24, 2.45) is 0 Å². The van der Waals surface area contributed by atoms with Gasteiger partial charge < -0.3 is 19.1 Å². The summed E-state index contributed by atoms with van der Waals surface area (Å²) in [5.74, 6) is 0.125. The van der Waals surface area contributed by atoms with Gasteiger partial charge in [0.05, 0.1) is 25.3 Å². The molecule has 1 aliphatic rings. The zero-order valence-electron chi connectivity index (χ0n) is 19.4. The molecule has 33 heavy (non-hydrogen) atoms. The summed E-state index contributed by atoms with van der Waals surface area (Å²) in [5, 5.41) is 4.27. The van der Waals surface area contributed by atoms with Crippen molar-refractivity contribution in [3.63, 3.8) is 0 Å². The number of aromatic nitrogens is 1. The van der Waals surface area contributed by atoms with Crippen LogP contribution in [0.4, 0.5) is 10.3 Å². The minimum absolute atomic E-state index is 0.0280. The number of ether oxygens (including phenoxy) is 1. The Morgan fingerprint density at radius 2 is 1.85 bits per heavy atom. The van der Waals surface area contributed by atoms with Crippen LogP contribution in [0.5, 0.6) is 0 Å². The van der Waals surface area contributed by atoms with Crippen LogP contribution in [-0.2, 0) is 11.3 Å². The Hall–Kier alpha value is -3.19. The van der Waals surface area contributed by atoms with E-state index < -0.39 is 0 Å². The second kappa shape index (κ2) is 10.2. The van der Waals surface area contributed by atoms with Gasteiger partial charge in [0.1, 0.15) is 11.5 Å². The molecule has 0 unspecified atom stereocenters. The molecule has 1 aromatic heterocycles. The van der Waals surface area contributed by atoms with Gasteiger partial charge in [-0.1, -0.05) is 41.9 Å². The average molecular weight is 452 g/mol. The van der Waals surface area contributed by atoms with Crippen molar-refractivity contribution < 1.29 is 18.4 Å². The molecule has 0 saturated carbocycles. The highest BCUT2D eigenvalue weighted by atomic mass is 19.1. The highest BCUT2D eigenvalue weighted by Gasteiger charge is 2.30. The lowest BCUT2D eigenvalue weighted by Gasteiger charge is -2.31. The van der Waals surface area contributed by atoms with Crippen molar-refractivity contribution >= 4 is 11.8 Å². The van der Waals surface area contributed by atoms with E-state index in [1.165, 1.54) is 6.07 Å². The Bertz CT molecular complexity index is 1090. The van der Waals surface area contributed by atoms with E-state index in [0.717, 1.165) is 12.0 Å². The maximum atomic E-state index is 14.7. The highest BCUT2D eigenvalue weighted by Crippen LogP contribution is 2.35. The Morgan fingerprint density at radius 1 is 1.15 bits per heavy atom. The molecule has 2 heterocycles. The van der Waals surface area contributed by atoms with Crippen molar-refractivity contribution in [3.8, 4) is 11.3 Å². The minimum Gasteiger partial charge on any atom is -0.378 e. The van der Waals surface area contributed by atoms with Crippen molar-refractivity contribution in [2.75, 3.05) is 31.2 Å². The smallest absolute Gasteiger partial charge is 0.254 e. The zero-order valence-corrected chi connectivity index (χ0v) is 19.4. The topological polar surface area (TPSA) is 58.8 Å². The van der Waals surface area contributed by atoms with Gasteiger partial charge in [-0.2, -0.15) is 0 Å².